The van der Waals surface area contributed by atoms with E-state index in [0.717, 1.165) is 11.3 Å². The summed E-state index contributed by atoms with van der Waals surface area (Å²) < 4.78 is 16.1. The average Bonchev–Trinajstić information content (AvgIpc) is 3.18. The number of benzene rings is 2. The van der Waals surface area contributed by atoms with Crippen LogP contribution in [0.3, 0.4) is 0 Å². The average molecular weight is 372 g/mol. The molecule has 0 fully saturated rings. The zero-order chi connectivity index (χ0) is 18.5. The van der Waals surface area contributed by atoms with Gasteiger partial charge in [-0.3, -0.25) is 0 Å². The molecule has 2 aromatic carbocycles. The predicted molar refractivity (Wildman–Crippen MR) is 102 cm³/mol. The van der Waals surface area contributed by atoms with Crippen LogP contribution in [0.1, 0.15) is 16.5 Å². The van der Waals surface area contributed by atoms with Gasteiger partial charge in [-0.2, -0.15) is 0 Å². The highest BCUT2D eigenvalue weighted by molar-refractivity contribution is 8.02. The third kappa shape index (κ3) is 3.43. The zero-order valence-electron chi connectivity index (χ0n) is 14.7. The minimum atomic E-state index is 0.0602. The third-order valence-electron chi connectivity index (χ3n) is 4.00. The zero-order valence-corrected chi connectivity index (χ0v) is 15.5. The molecule has 1 heterocycles. The number of nitrogens with zero attached hydrogens (tertiary/aromatic N) is 1. The second-order valence-corrected chi connectivity index (χ2v) is 6.44. The van der Waals surface area contributed by atoms with Crippen LogP contribution in [0.2, 0.25) is 0 Å². The second-order valence-electron chi connectivity index (χ2n) is 5.47. The first-order valence-electron chi connectivity index (χ1n) is 7.91. The molecule has 0 bridgehead atoms. The molecule has 0 aromatic heterocycles. The quantitative estimate of drug-likeness (QED) is 0.457. The van der Waals surface area contributed by atoms with Gasteiger partial charge in [0.25, 0.3) is 0 Å². The van der Waals surface area contributed by atoms with Gasteiger partial charge < -0.3 is 24.7 Å². The van der Waals surface area contributed by atoms with Crippen molar-refractivity contribution in [3.63, 3.8) is 0 Å². The van der Waals surface area contributed by atoms with Crippen LogP contribution in [-0.2, 0) is 0 Å². The van der Waals surface area contributed by atoms with Crippen LogP contribution in [0.5, 0.6) is 17.2 Å². The summed E-state index contributed by atoms with van der Waals surface area (Å²) in [6.45, 7) is 0. The highest BCUT2D eigenvalue weighted by atomic mass is 32.2. The van der Waals surface area contributed by atoms with E-state index < -0.39 is 0 Å². The summed E-state index contributed by atoms with van der Waals surface area (Å²) in [6, 6.07) is 13.6. The molecule has 1 atom stereocenters. The van der Waals surface area contributed by atoms with Crippen LogP contribution in [0, 0.1) is 0 Å². The number of thioether (sulfide) groups is 1. The summed E-state index contributed by atoms with van der Waals surface area (Å²) in [5, 5.41) is 18.5. The first-order valence-corrected chi connectivity index (χ1v) is 8.86. The van der Waals surface area contributed by atoms with Crippen LogP contribution in [0.25, 0.3) is 0 Å². The van der Waals surface area contributed by atoms with E-state index in [0.29, 0.717) is 28.5 Å². The SMILES string of the molecule is COc1cc(/C(=N/O)C2=CSC(c3ccccc3)N2)cc(OC)c1OC. The lowest BCUT2D eigenvalue weighted by atomic mass is 10.1. The number of nitrogens with one attached hydrogen (secondary N) is 1. The molecule has 2 aromatic rings. The molecule has 1 aliphatic heterocycles. The van der Waals surface area contributed by atoms with E-state index in [1.807, 2.05) is 23.6 Å². The maximum atomic E-state index is 9.64. The van der Waals surface area contributed by atoms with Crippen molar-refractivity contribution in [2.75, 3.05) is 21.3 Å². The number of oxime groups is 1. The van der Waals surface area contributed by atoms with Gasteiger partial charge in [0, 0.05) is 5.56 Å². The Kier molecular flexibility index (Phi) is 5.58. The normalized spacial score (nSPS) is 16.7. The lowest BCUT2D eigenvalue weighted by molar-refractivity contribution is 0.318. The molecule has 3 rings (SSSR count). The maximum absolute atomic E-state index is 9.64. The minimum absolute atomic E-state index is 0.0602. The fourth-order valence-electron chi connectivity index (χ4n) is 2.74. The molecule has 0 saturated carbocycles. The maximum Gasteiger partial charge on any atom is 0.203 e. The lowest BCUT2D eigenvalue weighted by Gasteiger charge is -2.16. The second kappa shape index (κ2) is 8.05. The summed E-state index contributed by atoms with van der Waals surface area (Å²) >= 11 is 1.62. The van der Waals surface area contributed by atoms with Gasteiger partial charge in [0.15, 0.2) is 11.5 Å². The van der Waals surface area contributed by atoms with Gasteiger partial charge in [0.2, 0.25) is 5.75 Å². The fourth-order valence-corrected chi connectivity index (χ4v) is 3.71. The number of hydrogen-bond acceptors (Lipinski definition) is 7. The summed E-state index contributed by atoms with van der Waals surface area (Å²) in [5.74, 6) is 1.48. The first kappa shape index (κ1) is 18.0. The Morgan fingerprint density at radius 2 is 1.69 bits per heavy atom. The monoisotopic (exact) mass is 372 g/mol. The van der Waals surface area contributed by atoms with Gasteiger partial charge in [-0.05, 0) is 23.1 Å². The Morgan fingerprint density at radius 1 is 1.04 bits per heavy atom. The summed E-state index contributed by atoms with van der Waals surface area (Å²) in [6.07, 6.45) is 0. The third-order valence-corrected chi connectivity index (χ3v) is 5.04. The number of allylic oxidation sites excluding steroid dienone is 1. The molecule has 7 heteroatoms. The van der Waals surface area contributed by atoms with Crippen LogP contribution < -0.4 is 19.5 Å². The van der Waals surface area contributed by atoms with Crippen molar-refractivity contribution >= 4 is 17.5 Å². The molecule has 0 spiro atoms. The van der Waals surface area contributed by atoms with Gasteiger partial charge in [-0.1, -0.05) is 35.5 Å². The Bertz CT molecular complexity index is 812. The largest absolute Gasteiger partial charge is 0.493 e. The predicted octanol–water partition coefficient (Wildman–Crippen LogP) is 3.77. The minimum Gasteiger partial charge on any atom is -0.493 e. The Labute approximate surface area is 156 Å². The molecule has 0 saturated heterocycles. The van der Waals surface area contributed by atoms with Crippen LogP contribution in [-0.4, -0.2) is 32.2 Å². The Morgan fingerprint density at radius 3 is 2.23 bits per heavy atom. The molecule has 0 aliphatic carbocycles. The lowest BCUT2D eigenvalue weighted by Crippen LogP contribution is -2.20. The highest BCUT2D eigenvalue weighted by Gasteiger charge is 2.25. The van der Waals surface area contributed by atoms with Crippen molar-refractivity contribution in [3.05, 3.63) is 64.7 Å². The molecular formula is C19H20N2O4S. The summed E-state index contributed by atoms with van der Waals surface area (Å²) in [5.41, 5.74) is 2.91. The smallest absolute Gasteiger partial charge is 0.203 e. The molecule has 136 valence electrons. The van der Waals surface area contributed by atoms with Crippen molar-refractivity contribution in [1.29, 1.82) is 0 Å². The molecule has 0 radical (unpaired) electrons. The van der Waals surface area contributed by atoms with E-state index in [9.17, 15) is 5.21 Å². The first-order chi connectivity index (χ1) is 12.7. The van der Waals surface area contributed by atoms with Crippen molar-refractivity contribution < 1.29 is 19.4 Å². The van der Waals surface area contributed by atoms with E-state index in [1.54, 1.807) is 45.2 Å². The Hall–Kier alpha value is -2.80. The molecular weight excluding hydrogens is 352 g/mol. The molecule has 1 aliphatic rings. The van der Waals surface area contributed by atoms with Crippen molar-refractivity contribution in [1.82, 2.24) is 5.32 Å². The van der Waals surface area contributed by atoms with Gasteiger partial charge in [0.1, 0.15) is 11.1 Å². The number of ether oxygens (including phenoxy) is 3. The molecule has 0 amide bonds. The Balaban J connectivity index is 1.91. The van der Waals surface area contributed by atoms with Gasteiger partial charge in [-0.15, -0.1) is 11.8 Å². The molecule has 6 nitrogen and oxygen atoms in total. The van der Waals surface area contributed by atoms with E-state index >= 15 is 0 Å². The number of methoxy groups -OCH3 is 3. The molecule has 1 unspecified atom stereocenters. The van der Waals surface area contributed by atoms with Gasteiger partial charge in [-0.25, -0.2) is 0 Å². The van der Waals surface area contributed by atoms with E-state index in [4.69, 9.17) is 14.2 Å². The standard InChI is InChI=1S/C19H20N2O4S/c1-23-15-9-13(10-16(24-2)18(15)25-3)17(21-22)14-11-26-19(20-14)12-7-5-4-6-8-12/h4-11,19-20,22H,1-3H3/b21-17-. The summed E-state index contributed by atoms with van der Waals surface area (Å²) in [7, 11) is 4.64. The van der Waals surface area contributed by atoms with E-state index in [1.165, 1.54) is 0 Å². The van der Waals surface area contributed by atoms with Crippen LogP contribution in [0.15, 0.2) is 58.7 Å². The van der Waals surface area contributed by atoms with Crippen LogP contribution >= 0.6 is 11.8 Å². The topological polar surface area (TPSA) is 72.3 Å². The van der Waals surface area contributed by atoms with Crippen molar-refractivity contribution in [2.45, 2.75) is 5.37 Å². The van der Waals surface area contributed by atoms with E-state index in [2.05, 4.69) is 22.6 Å². The number of rotatable bonds is 6. The van der Waals surface area contributed by atoms with E-state index in [-0.39, 0.29) is 5.37 Å². The highest BCUT2D eigenvalue weighted by Crippen LogP contribution is 2.40. The fraction of sp³-hybridized carbons (Fsp3) is 0.211. The molecule has 26 heavy (non-hydrogen) atoms. The van der Waals surface area contributed by atoms with Gasteiger partial charge in [0.05, 0.1) is 27.0 Å². The van der Waals surface area contributed by atoms with Crippen molar-refractivity contribution in [2.24, 2.45) is 5.16 Å². The summed E-state index contributed by atoms with van der Waals surface area (Å²) in [4.78, 5) is 0. The molecule has 2 N–H and O–H groups in total. The van der Waals surface area contributed by atoms with Crippen molar-refractivity contribution in [3.8, 4) is 17.2 Å². The van der Waals surface area contributed by atoms with Crippen LogP contribution in [0.4, 0.5) is 0 Å². The van der Waals surface area contributed by atoms with Gasteiger partial charge >= 0.3 is 0 Å². The number of hydrogen-bond donors (Lipinski definition) is 2.